The number of hydrogen-bond acceptors (Lipinski definition) is 4. The zero-order chi connectivity index (χ0) is 11.9. The van der Waals surface area contributed by atoms with E-state index in [-0.39, 0.29) is 0 Å². The minimum absolute atomic E-state index is 0.925. The number of aromatic nitrogens is 1. The number of unbranched alkanes of at least 4 members (excludes halogenated alkanes) is 1. The Bertz CT molecular complexity index is 422. The Kier molecular flexibility index (Phi) is 5.13. The van der Waals surface area contributed by atoms with Crippen molar-refractivity contribution in [2.24, 2.45) is 0 Å². The van der Waals surface area contributed by atoms with E-state index >= 15 is 0 Å². The van der Waals surface area contributed by atoms with Gasteiger partial charge in [-0.15, -0.1) is 23.1 Å². The molecule has 0 spiro atoms. The molecule has 0 radical (unpaired) electrons. The Morgan fingerprint density at radius 2 is 2.35 bits per heavy atom. The SMILES string of the molecule is CCCCc1nc(CSCc2ccco2)cs1. The largest absolute Gasteiger partial charge is 0.468 e. The number of rotatable bonds is 7. The summed E-state index contributed by atoms with van der Waals surface area (Å²) in [5.41, 5.74) is 1.21. The minimum Gasteiger partial charge on any atom is -0.468 e. The van der Waals surface area contributed by atoms with Gasteiger partial charge in [-0.3, -0.25) is 0 Å². The van der Waals surface area contributed by atoms with Crippen molar-refractivity contribution in [3.63, 3.8) is 0 Å². The second-order valence-corrected chi connectivity index (χ2v) is 5.84. The molecule has 0 saturated carbocycles. The Morgan fingerprint density at radius 1 is 1.41 bits per heavy atom. The van der Waals surface area contributed by atoms with Gasteiger partial charge in [0.2, 0.25) is 0 Å². The van der Waals surface area contributed by atoms with E-state index in [1.165, 1.54) is 23.5 Å². The van der Waals surface area contributed by atoms with Crippen LogP contribution in [0.2, 0.25) is 0 Å². The fourth-order valence-corrected chi connectivity index (χ4v) is 3.28. The molecule has 0 unspecified atom stereocenters. The first-order valence-corrected chi connectivity index (χ1v) is 7.95. The first-order chi connectivity index (χ1) is 8.38. The quantitative estimate of drug-likeness (QED) is 0.738. The highest BCUT2D eigenvalue weighted by molar-refractivity contribution is 7.97. The maximum absolute atomic E-state index is 5.29. The van der Waals surface area contributed by atoms with Crippen molar-refractivity contribution in [2.45, 2.75) is 37.7 Å². The molecule has 0 saturated heterocycles. The van der Waals surface area contributed by atoms with Crippen LogP contribution in [0.1, 0.15) is 36.2 Å². The monoisotopic (exact) mass is 267 g/mol. The molecule has 2 nitrogen and oxygen atoms in total. The van der Waals surface area contributed by atoms with Crippen LogP contribution in [0.15, 0.2) is 28.2 Å². The minimum atomic E-state index is 0.925. The highest BCUT2D eigenvalue weighted by atomic mass is 32.2. The first-order valence-electron chi connectivity index (χ1n) is 5.92. The molecular formula is C13H17NOS2. The smallest absolute Gasteiger partial charge is 0.113 e. The standard InChI is InChI=1S/C13H17NOS2/c1-2-3-6-13-14-11(9-17-13)8-16-10-12-5-4-7-15-12/h4-5,7,9H,2-3,6,8,10H2,1H3. The summed E-state index contributed by atoms with van der Waals surface area (Å²) in [5, 5.41) is 3.46. The van der Waals surface area contributed by atoms with E-state index in [2.05, 4.69) is 17.3 Å². The third-order valence-corrected chi connectivity index (χ3v) is 4.36. The predicted molar refractivity (Wildman–Crippen MR) is 74.4 cm³/mol. The molecule has 2 aromatic heterocycles. The van der Waals surface area contributed by atoms with Gasteiger partial charge >= 0.3 is 0 Å². The Labute approximate surface area is 110 Å². The van der Waals surface area contributed by atoms with Crippen LogP contribution in [0.4, 0.5) is 0 Å². The number of thiazole rings is 1. The van der Waals surface area contributed by atoms with E-state index in [9.17, 15) is 0 Å². The molecule has 2 heterocycles. The van der Waals surface area contributed by atoms with Crippen molar-refractivity contribution in [3.8, 4) is 0 Å². The molecule has 0 N–H and O–H groups in total. The summed E-state index contributed by atoms with van der Waals surface area (Å²) in [6.45, 7) is 2.22. The molecule has 0 fully saturated rings. The van der Waals surface area contributed by atoms with Crippen LogP contribution in [0.25, 0.3) is 0 Å². The van der Waals surface area contributed by atoms with Gasteiger partial charge in [-0.25, -0.2) is 4.98 Å². The topological polar surface area (TPSA) is 26.0 Å². The molecule has 0 aliphatic heterocycles. The third kappa shape index (κ3) is 4.21. The van der Waals surface area contributed by atoms with Crippen LogP contribution in [0.3, 0.4) is 0 Å². The maximum Gasteiger partial charge on any atom is 0.113 e. The molecule has 0 aliphatic carbocycles. The lowest BCUT2D eigenvalue weighted by Gasteiger charge is -1.96. The predicted octanol–water partition coefficient (Wildman–Crippen LogP) is 4.51. The van der Waals surface area contributed by atoms with Gasteiger partial charge in [0.1, 0.15) is 5.76 Å². The zero-order valence-corrected chi connectivity index (χ0v) is 11.6. The van der Waals surface area contributed by atoms with Gasteiger partial charge in [0.05, 0.1) is 22.7 Å². The Balaban J connectivity index is 1.73. The van der Waals surface area contributed by atoms with Gasteiger partial charge in [-0.1, -0.05) is 13.3 Å². The number of thioether (sulfide) groups is 1. The summed E-state index contributed by atoms with van der Waals surface area (Å²) in [6, 6.07) is 3.95. The maximum atomic E-state index is 5.29. The van der Waals surface area contributed by atoms with Crippen molar-refractivity contribution >= 4 is 23.1 Å². The summed E-state index contributed by atoms with van der Waals surface area (Å²) in [7, 11) is 0. The van der Waals surface area contributed by atoms with E-state index in [1.54, 1.807) is 17.6 Å². The normalized spacial score (nSPS) is 10.9. The average Bonchev–Trinajstić information content (AvgIpc) is 2.98. The third-order valence-electron chi connectivity index (χ3n) is 2.42. The van der Waals surface area contributed by atoms with Gasteiger partial charge in [-0.2, -0.15) is 0 Å². The molecule has 0 bridgehead atoms. The van der Waals surface area contributed by atoms with Crippen molar-refractivity contribution < 1.29 is 4.42 Å². The first kappa shape index (κ1) is 12.7. The summed E-state index contributed by atoms with van der Waals surface area (Å²) in [4.78, 5) is 4.63. The molecule has 4 heteroatoms. The molecule has 0 aliphatic rings. The Hall–Kier alpha value is -0.740. The van der Waals surface area contributed by atoms with Crippen LogP contribution in [0.5, 0.6) is 0 Å². The molecule has 0 atom stereocenters. The van der Waals surface area contributed by atoms with Gasteiger partial charge < -0.3 is 4.42 Å². The van der Waals surface area contributed by atoms with Crippen LogP contribution >= 0.6 is 23.1 Å². The van der Waals surface area contributed by atoms with Crippen molar-refractivity contribution in [1.82, 2.24) is 4.98 Å². The van der Waals surface area contributed by atoms with Crippen molar-refractivity contribution in [3.05, 3.63) is 40.2 Å². The van der Waals surface area contributed by atoms with Gasteiger partial charge in [0.15, 0.2) is 0 Å². The summed E-state index contributed by atoms with van der Waals surface area (Å²) in [6.07, 6.45) is 5.33. The highest BCUT2D eigenvalue weighted by Gasteiger charge is 2.03. The van der Waals surface area contributed by atoms with E-state index in [0.717, 1.165) is 23.7 Å². The Morgan fingerprint density at radius 3 is 3.12 bits per heavy atom. The number of furan rings is 1. The van der Waals surface area contributed by atoms with Gasteiger partial charge in [0.25, 0.3) is 0 Å². The second-order valence-electron chi connectivity index (χ2n) is 3.91. The van der Waals surface area contributed by atoms with E-state index in [0.29, 0.717) is 0 Å². The summed E-state index contributed by atoms with van der Waals surface area (Å²) >= 11 is 3.64. The average molecular weight is 267 g/mol. The molecule has 2 aromatic rings. The molecule has 0 aromatic carbocycles. The van der Waals surface area contributed by atoms with Gasteiger partial charge in [0, 0.05) is 11.1 Å². The van der Waals surface area contributed by atoms with E-state index in [4.69, 9.17) is 4.42 Å². The lowest BCUT2D eigenvalue weighted by molar-refractivity contribution is 0.530. The van der Waals surface area contributed by atoms with Crippen molar-refractivity contribution in [2.75, 3.05) is 0 Å². The summed E-state index contributed by atoms with van der Waals surface area (Å²) < 4.78 is 5.29. The molecule has 0 amide bonds. The molecule has 92 valence electrons. The molecule has 2 rings (SSSR count). The van der Waals surface area contributed by atoms with Crippen molar-refractivity contribution in [1.29, 1.82) is 0 Å². The van der Waals surface area contributed by atoms with Crippen LogP contribution in [-0.2, 0) is 17.9 Å². The second kappa shape index (κ2) is 6.87. The van der Waals surface area contributed by atoms with Gasteiger partial charge in [-0.05, 0) is 25.0 Å². The molecule has 17 heavy (non-hydrogen) atoms. The lowest BCUT2D eigenvalue weighted by Crippen LogP contribution is -1.86. The summed E-state index contributed by atoms with van der Waals surface area (Å²) in [5.74, 6) is 2.94. The lowest BCUT2D eigenvalue weighted by atomic mass is 10.3. The number of nitrogens with zero attached hydrogens (tertiary/aromatic N) is 1. The zero-order valence-electron chi connectivity index (χ0n) is 10.0. The van der Waals surface area contributed by atoms with Crippen LogP contribution < -0.4 is 0 Å². The fourth-order valence-electron chi connectivity index (χ4n) is 1.51. The molecular weight excluding hydrogens is 250 g/mol. The fraction of sp³-hybridized carbons (Fsp3) is 0.462. The number of aryl methyl sites for hydroxylation is 1. The van der Waals surface area contributed by atoms with Crippen LogP contribution in [-0.4, -0.2) is 4.98 Å². The van der Waals surface area contributed by atoms with E-state index in [1.807, 2.05) is 23.9 Å². The number of hydrogen-bond donors (Lipinski definition) is 0. The van der Waals surface area contributed by atoms with Crippen LogP contribution in [0, 0.1) is 0 Å². The highest BCUT2D eigenvalue weighted by Crippen LogP contribution is 2.20. The van der Waals surface area contributed by atoms with E-state index < -0.39 is 0 Å².